The van der Waals surface area contributed by atoms with Crippen LogP contribution in [0, 0.1) is 0 Å². The highest BCUT2D eigenvalue weighted by atomic mass is 35.5. The SMILES string of the molecule is CCOc1cccc(/C(O)=C2\C(=O)C(=O)N(c3cccc(Cl)c3)C2c2ccncc2)c1. The summed E-state index contributed by atoms with van der Waals surface area (Å²) in [6, 6.07) is 16.0. The van der Waals surface area contributed by atoms with Gasteiger partial charge in [-0.05, 0) is 55.0 Å². The summed E-state index contributed by atoms with van der Waals surface area (Å²) < 4.78 is 5.50. The third-order valence-corrected chi connectivity index (χ3v) is 5.21. The molecule has 1 saturated heterocycles. The largest absolute Gasteiger partial charge is 0.507 e. The summed E-state index contributed by atoms with van der Waals surface area (Å²) in [5.74, 6) is -1.24. The van der Waals surface area contributed by atoms with E-state index in [0.717, 1.165) is 0 Å². The molecule has 2 heterocycles. The Kier molecular flexibility index (Phi) is 5.73. The van der Waals surface area contributed by atoms with E-state index in [2.05, 4.69) is 4.98 Å². The van der Waals surface area contributed by atoms with Crippen LogP contribution in [0.15, 0.2) is 78.6 Å². The van der Waals surface area contributed by atoms with E-state index < -0.39 is 17.7 Å². The van der Waals surface area contributed by atoms with E-state index in [0.29, 0.717) is 34.2 Å². The van der Waals surface area contributed by atoms with Gasteiger partial charge >= 0.3 is 0 Å². The molecular formula is C24H19ClN2O4. The van der Waals surface area contributed by atoms with E-state index in [1.165, 1.54) is 4.90 Å². The van der Waals surface area contributed by atoms with Gasteiger partial charge in [0.25, 0.3) is 11.7 Å². The molecule has 0 saturated carbocycles. The first-order chi connectivity index (χ1) is 15.0. The molecule has 1 aliphatic rings. The number of amides is 1. The van der Waals surface area contributed by atoms with Crippen LogP contribution in [0.3, 0.4) is 0 Å². The minimum absolute atomic E-state index is 0.00942. The maximum absolute atomic E-state index is 13.1. The van der Waals surface area contributed by atoms with Crippen LogP contribution in [0.1, 0.15) is 24.1 Å². The highest BCUT2D eigenvalue weighted by Gasteiger charge is 2.47. The number of benzene rings is 2. The van der Waals surface area contributed by atoms with E-state index in [9.17, 15) is 14.7 Å². The fourth-order valence-corrected chi connectivity index (χ4v) is 3.83. The molecule has 6 nitrogen and oxygen atoms in total. The molecule has 1 N–H and O–H groups in total. The summed E-state index contributed by atoms with van der Waals surface area (Å²) in [5, 5.41) is 11.6. The van der Waals surface area contributed by atoms with Crippen molar-refractivity contribution in [3.63, 3.8) is 0 Å². The molecular weight excluding hydrogens is 416 g/mol. The van der Waals surface area contributed by atoms with Gasteiger partial charge in [0.05, 0.1) is 18.2 Å². The first-order valence-electron chi connectivity index (χ1n) is 9.71. The van der Waals surface area contributed by atoms with Crippen LogP contribution in [0.25, 0.3) is 5.76 Å². The summed E-state index contributed by atoms with van der Waals surface area (Å²) in [5.41, 5.74) is 1.47. The standard InChI is InChI=1S/C24H19ClN2O4/c1-2-31-19-8-3-5-16(13-19)22(28)20-21(15-9-11-26-12-10-15)27(24(30)23(20)29)18-7-4-6-17(25)14-18/h3-14,21,28H,2H2,1H3/b22-20+. The van der Waals surface area contributed by atoms with Gasteiger partial charge in [-0.25, -0.2) is 0 Å². The van der Waals surface area contributed by atoms with Crippen molar-refractivity contribution in [2.24, 2.45) is 0 Å². The number of aromatic nitrogens is 1. The first-order valence-corrected chi connectivity index (χ1v) is 10.1. The Hall–Kier alpha value is -3.64. The molecule has 156 valence electrons. The number of Topliss-reactive ketones (excluding diaryl/α,β-unsaturated/α-hetero) is 1. The summed E-state index contributed by atoms with van der Waals surface area (Å²) in [6.07, 6.45) is 3.15. The molecule has 2 aromatic carbocycles. The molecule has 3 aromatic rings. The minimum Gasteiger partial charge on any atom is -0.507 e. The van der Waals surface area contributed by atoms with E-state index in [4.69, 9.17) is 16.3 Å². The minimum atomic E-state index is -0.836. The summed E-state index contributed by atoms with van der Waals surface area (Å²) in [4.78, 5) is 31.5. The molecule has 0 bridgehead atoms. The normalized spacial score (nSPS) is 17.7. The van der Waals surface area contributed by atoms with E-state index in [-0.39, 0.29) is 11.3 Å². The third-order valence-electron chi connectivity index (χ3n) is 4.97. The van der Waals surface area contributed by atoms with Crippen molar-refractivity contribution in [3.8, 4) is 5.75 Å². The zero-order valence-electron chi connectivity index (χ0n) is 16.7. The molecule has 0 radical (unpaired) electrons. The highest BCUT2D eigenvalue weighted by Crippen LogP contribution is 2.42. The fraction of sp³-hybridized carbons (Fsp3) is 0.125. The fourth-order valence-electron chi connectivity index (χ4n) is 3.64. The number of pyridine rings is 1. The van der Waals surface area contributed by atoms with Gasteiger partial charge < -0.3 is 9.84 Å². The van der Waals surface area contributed by atoms with Crippen molar-refractivity contribution in [1.82, 2.24) is 4.98 Å². The molecule has 31 heavy (non-hydrogen) atoms. The lowest BCUT2D eigenvalue weighted by Gasteiger charge is -2.25. The van der Waals surface area contributed by atoms with Crippen molar-refractivity contribution in [2.45, 2.75) is 13.0 Å². The second-order valence-corrected chi connectivity index (χ2v) is 7.33. The monoisotopic (exact) mass is 434 g/mol. The lowest BCUT2D eigenvalue weighted by Crippen LogP contribution is -2.29. The van der Waals surface area contributed by atoms with Gasteiger partial charge in [0.1, 0.15) is 11.5 Å². The Balaban J connectivity index is 1.92. The quantitative estimate of drug-likeness (QED) is 0.356. The van der Waals surface area contributed by atoms with Crippen molar-refractivity contribution in [2.75, 3.05) is 11.5 Å². The van der Waals surface area contributed by atoms with Crippen molar-refractivity contribution >= 4 is 34.7 Å². The zero-order chi connectivity index (χ0) is 22.0. The zero-order valence-corrected chi connectivity index (χ0v) is 17.4. The number of rotatable bonds is 5. The van der Waals surface area contributed by atoms with Crippen LogP contribution >= 0.6 is 11.6 Å². The number of carbonyl (C=O) groups is 2. The van der Waals surface area contributed by atoms with Crippen molar-refractivity contribution < 1.29 is 19.4 Å². The van der Waals surface area contributed by atoms with Gasteiger partial charge in [0.2, 0.25) is 0 Å². The summed E-state index contributed by atoms with van der Waals surface area (Å²) >= 11 is 6.13. The maximum atomic E-state index is 13.1. The molecule has 1 aromatic heterocycles. The number of aliphatic hydroxyl groups is 1. The number of carbonyl (C=O) groups excluding carboxylic acids is 2. The van der Waals surface area contributed by atoms with Crippen LogP contribution < -0.4 is 9.64 Å². The number of nitrogens with zero attached hydrogens (tertiary/aromatic N) is 2. The van der Waals surface area contributed by atoms with E-state index in [1.807, 2.05) is 6.92 Å². The predicted molar refractivity (Wildman–Crippen MR) is 118 cm³/mol. The van der Waals surface area contributed by atoms with Gasteiger partial charge in [0.15, 0.2) is 0 Å². The summed E-state index contributed by atoms with van der Waals surface area (Å²) in [6.45, 7) is 2.31. The number of anilines is 1. The number of ketones is 1. The Morgan fingerprint density at radius 2 is 1.84 bits per heavy atom. The number of hydrogen-bond acceptors (Lipinski definition) is 5. The van der Waals surface area contributed by atoms with E-state index >= 15 is 0 Å². The van der Waals surface area contributed by atoms with Crippen LogP contribution in [-0.2, 0) is 9.59 Å². The van der Waals surface area contributed by atoms with Gasteiger partial charge in [-0.2, -0.15) is 0 Å². The van der Waals surface area contributed by atoms with Crippen LogP contribution in [0.4, 0.5) is 5.69 Å². The summed E-state index contributed by atoms with van der Waals surface area (Å²) in [7, 11) is 0. The van der Waals surface area contributed by atoms with Crippen molar-refractivity contribution in [1.29, 1.82) is 0 Å². The molecule has 1 unspecified atom stereocenters. The Labute approximate surface area is 184 Å². The number of halogens is 1. The lowest BCUT2D eigenvalue weighted by molar-refractivity contribution is -0.132. The van der Waals surface area contributed by atoms with Gasteiger partial charge in [-0.3, -0.25) is 19.5 Å². The molecule has 1 aliphatic heterocycles. The first kappa shape index (κ1) is 20.6. The number of hydrogen-bond donors (Lipinski definition) is 1. The third kappa shape index (κ3) is 3.90. The smallest absolute Gasteiger partial charge is 0.300 e. The molecule has 7 heteroatoms. The molecule has 0 spiro atoms. The van der Waals surface area contributed by atoms with Gasteiger partial charge in [-0.1, -0.05) is 29.8 Å². The van der Waals surface area contributed by atoms with Gasteiger partial charge in [0, 0.05) is 28.7 Å². The highest BCUT2D eigenvalue weighted by molar-refractivity contribution is 6.51. The number of ether oxygens (including phenoxy) is 1. The maximum Gasteiger partial charge on any atom is 0.300 e. The van der Waals surface area contributed by atoms with Crippen molar-refractivity contribution in [3.05, 3.63) is 94.8 Å². The average Bonchev–Trinajstić information content (AvgIpc) is 3.05. The van der Waals surface area contributed by atoms with Crippen LogP contribution in [0.5, 0.6) is 5.75 Å². The molecule has 1 atom stereocenters. The lowest BCUT2D eigenvalue weighted by atomic mass is 9.95. The van der Waals surface area contributed by atoms with Crippen LogP contribution in [0.2, 0.25) is 5.02 Å². The molecule has 0 aliphatic carbocycles. The predicted octanol–water partition coefficient (Wildman–Crippen LogP) is 4.76. The average molecular weight is 435 g/mol. The topological polar surface area (TPSA) is 79.7 Å². The second-order valence-electron chi connectivity index (χ2n) is 6.89. The molecule has 1 fully saturated rings. The van der Waals surface area contributed by atoms with Gasteiger partial charge in [-0.15, -0.1) is 0 Å². The van der Waals surface area contributed by atoms with Crippen LogP contribution in [-0.4, -0.2) is 28.4 Å². The second kappa shape index (κ2) is 8.62. The Bertz CT molecular complexity index is 1180. The molecule has 4 rings (SSSR count). The Morgan fingerprint density at radius 1 is 1.10 bits per heavy atom. The molecule has 1 amide bonds. The Morgan fingerprint density at radius 3 is 2.55 bits per heavy atom. The number of aliphatic hydroxyl groups excluding tert-OH is 1. The van der Waals surface area contributed by atoms with E-state index in [1.54, 1.807) is 73.1 Å².